The fraction of sp³-hybridized carbons (Fsp3) is 0.429. The first-order valence-corrected chi connectivity index (χ1v) is 8.58. The normalized spacial score (nSPS) is 17.8. The number of piperazine rings is 1. The summed E-state index contributed by atoms with van der Waals surface area (Å²) < 4.78 is 26.8. The molecule has 0 aliphatic carbocycles. The summed E-state index contributed by atoms with van der Waals surface area (Å²) in [6.07, 6.45) is 3.33. The van der Waals surface area contributed by atoms with Gasteiger partial charge in [0.25, 0.3) is 0 Å². The number of pyridine rings is 1. The molecule has 3 heterocycles. The molecule has 2 aromatic rings. The van der Waals surface area contributed by atoms with Crippen LogP contribution in [0.4, 0.5) is 5.82 Å². The molecule has 3 rings (SSSR count). The van der Waals surface area contributed by atoms with Crippen LogP contribution in [0.15, 0.2) is 30.5 Å². The Labute approximate surface area is 119 Å². The van der Waals surface area contributed by atoms with Crippen molar-refractivity contribution < 1.29 is 8.42 Å². The van der Waals surface area contributed by atoms with Crippen LogP contribution in [0.5, 0.6) is 0 Å². The molecule has 0 radical (unpaired) electrons. The van der Waals surface area contributed by atoms with Crippen molar-refractivity contribution in [3.8, 4) is 0 Å². The average molecular weight is 293 g/mol. The van der Waals surface area contributed by atoms with Crippen LogP contribution in [0.2, 0.25) is 0 Å². The van der Waals surface area contributed by atoms with E-state index in [4.69, 9.17) is 0 Å². The Kier molecular flexibility index (Phi) is 3.22. The second kappa shape index (κ2) is 4.79. The number of aryl methyl sites for hydroxylation is 1. The van der Waals surface area contributed by atoms with E-state index in [0.717, 1.165) is 18.9 Å². The molecule has 0 N–H and O–H groups in total. The predicted molar refractivity (Wildman–Crippen MR) is 80.8 cm³/mol. The molecule has 0 saturated carbocycles. The van der Waals surface area contributed by atoms with Gasteiger partial charge in [-0.2, -0.15) is 4.31 Å². The van der Waals surface area contributed by atoms with Gasteiger partial charge in [-0.1, -0.05) is 0 Å². The Balaban J connectivity index is 1.89. The van der Waals surface area contributed by atoms with Gasteiger partial charge in [-0.15, -0.1) is 0 Å². The van der Waals surface area contributed by atoms with E-state index < -0.39 is 10.0 Å². The van der Waals surface area contributed by atoms with Gasteiger partial charge in [-0.05, 0) is 36.8 Å². The van der Waals surface area contributed by atoms with Crippen LogP contribution < -0.4 is 4.90 Å². The van der Waals surface area contributed by atoms with Crippen molar-refractivity contribution >= 4 is 21.4 Å². The molecule has 108 valence electrons. The largest absolute Gasteiger partial charge is 0.355 e. The highest BCUT2D eigenvalue weighted by molar-refractivity contribution is 7.88. The van der Waals surface area contributed by atoms with Crippen LogP contribution in [0.25, 0.3) is 5.52 Å². The molecule has 1 saturated heterocycles. The smallest absolute Gasteiger partial charge is 0.211 e. The minimum Gasteiger partial charge on any atom is -0.355 e. The Morgan fingerprint density at radius 3 is 2.45 bits per heavy atom. The number of fused-ring (bicyclic) bond motifs is 1. The molecule has 0 unspecified atom stereocenters. The number of anilines is 1. The topological polar surface area (TPSA) is 45.0 Å². The van der Waals surface area contributed by atoms with Crippen molar-refractivity contribution in [3.63, 3.8) is 0 Å². The third kappa shape index (κ3) is 2.41. The van der Waals surface area contributed by atoms with Crippen LogP contribution in [0.1, 0.15) is 5.56 Å². The van der Waals surface area contributed by atoms with E-state index in [-0.39, 0.29) is 0 Å². The van der Waals surface area contributed by atoms with Gasteiger partial charge in [-0.25, -0.2) is 8.42 Å². The molecule has 0 amide bonds. The number of nitrogens with zero attached hydrogens (tertiary/aromatic N) is 3. The van der Waals surface area contributed by atoms with E-state index in [0.29, 0.717) is 13.1 Å². The van der Waals surface area contributed by atoms with E-state index in [1.54, 1.807) is 4.31 Å². The summed E-state index contributed by atoms with van der Waals surface area (Å²) in [5.74, 6) is 1.14. The monoisotopic (exact) mass is 293 g/mol. The van der Waals surface area contributed by atoms with E-state index in [2.05, 4.69) is 34.4 Å². The third-order valence-electron chi connectivity index (χ3n) is 3.79. The lowest BCUT2D eigenvalue weighted by molar-refractivity contribution is 0.386. The number of aromatic nitrogens is 1. The zero-order valence-corrected chi connectivity index (χ0v) is 12.6. The van der Waals surface area contributed by atoms with Crippen molar-refractivity contribution in [2.24, 2.45) is 0 Å². The van der Waals surface area contributed by atoms with Gasteiger partial charge in [0.15, 0.2) is 0 Å². The summed E-state index contributed by atoms with van der Waals surface area (Å²) >= 11 is 0. The fourth-order valence-corrected chi connectivity index (χ4v) is 3.59. The van der Waals surface area contributed by atoms with Crippen molar-refractivity contribution in [2.45, 2.75) is 6.92 Å². The molecule has 0 aromatic carbocycles. The number of hydrogen-bond donors (Lipinski definition) is 0. The molecule has 0 spiro atoms. The maximum absolute atomic E-state index is 11.6. The summed E-state index contributed by atoms with van der Waals surface area (Å²) in [6, 6.07) is 8.42. The van der Waals surface area contributed by atoms with E-state index in [1.807, 2.05) is 12.3 Å². The molecule has 1 aliphatic rings. The molecular weight excluding hydrogens is 274 g/mol. The average Bonchev–Trinajstić information content (AvgIpc) is 2.85. The molecule has 20 heavy (non-hydrogen) atoms. The lowest BCUT2D eigenvalue weighted by Crippen LogP contribution is -2.48. The molecular formula is C14H19N3O2S. The van der Waals surface area contributed by atoms with Crippen LogP contribution in [-0.2, 0) is 10.0 Å². The highest BCUT2D eigenvalue weighted by atomic mass is 32.2. The summed E-state index contributed by atoms with van der Waals surface area (Å²) in [6.45, 7) is 4.64. The van der Waals surface area contributed by atoms with Crippen molar-refractivity contribution in [2.75, 3.05) is 37.3 Å². The van der Waals surface area contributed by atoms with Crippen molar-refractivity contribution in [3.05, 3.63) is 36.0 Å². The molecule has 5 nitrogen and oxygen atoms in total. The van der Waals surface area contributed by atoms with Crippen molar-refractivity contribution in [1.29, 1.82) is 0 Å². The number of rotatable bonds is 2. The molecule has 1 fully saturated rings. The first kappa shape index (κ1) is 13.5. The minimum absolute atomic E-state index is 0.551. The maximum Gasteiger partial charge on any atom is 0.211 e. The first-order chi connectivity index (χ1) is 9.45. The summed E-state index contributed by atoms with van der Waals surface area (Å²) in [5.41, 5.74) is 2.39. The summed E-state index contributed by atoms with van der Waals surface area (Å²) in [4.78, 5) is 2.25. The molecule has 0 atom stereocenters. The zero-order chi connectivity index (χ0) is 14.3. The maximum atomic E-state index is 11.6. The van der Waals surface area contributed by atoms with Gasteiger partial charge >= 0.3 is 0 Å². The molecule has 6 heteroatoms. The Morgan fingerprint density at radius 1 is 1.10 bits per heavy atom. The van der Waals surface area contributed by atoms with Crippen LogP contribution >= 0.6 is 0 Å². The van der Waals surface area contributed by atoms with Gasteiger partial charge in [0, 0.05) is 37.9 Å². The highest BCUT2D eigenvalue weighted by Gasteiger charge is 2.24. The number of sulfonamides is 1. The SMILES string of the molecule is Cc1cc(N2CCN(S(C)(=O)=O)CC2)n2cccc2c1. The first-order valence-electron chi connectivity index (χ1n) is 6.73. The van der Waals surface area contributed by atoms with Gasteiger partial charge in [0.2, 0.25) is 10.0 Å². The highest BCUT2D eigenvalue weighted by Crippen LogP contribution is 2.22. The summed E-state index contributed by atoms with van der Waals surface area (Å²) in [7, 11) is -3.07. The lowest BCUT2D eigenvalue weighted by Gasteiger charge is -2.35. The quantitative estimate of drug-likeness (QED) is 0.839. The van der Waals surface area contributed by atoms with E-state index in [9.17, 15) is 8.42 Å². The lowest BCUT2D eigenvalue weighted by atomic mass is 10.2. The van der Waals surface area contributed by atoms with Crippen LogP contribution in [0.3, 0.4) is 0 Å². The standard InChI is InChI=1S/C14H19N3O2S/c1-12-10-13-4-3-5-17(13)14(11-12)15-6-8-16(9-7-15)20(2,18)19/h3-5,10-11H,6-9H2,1-2H3. The molecule has 0 bridgehead atoms. The Morgan fingerprint density at radius 2 is 1.80 bits per heavy atom. The third-order valence-corrected chi connectivity index (χ3v) is 5.09. The van der Waals surface area contributed by atoms with Gasteiger partial charge < -0.3 is 9.30 Å². The van der Waals surface area contributed by atoms with Gasteiger partial charge in [-0.3, -0.25) is 0 Å². The predicted octanol–water partition coefficient (Wildman–Crippen LogP) is 1.33. The Hall–Kier alpha value is -1.53. The van der Waals surface area contributed by atoms with Crippen molar-refractivity contribution in [1.82, 2.24) is 8.71 Å². The molecule has 2 aromatic heterocycles. The summed E-state index contributed by atoms with van der Waals surface area (Å²) in [5, 5.41) is 0. The second-order valence-electron chi connectivity index (χ2n) is 5.34. The number of hydrogen-bond acceptors (Lipinski definition) is 3. The zero-order valence-electron chi connectivity index (χ0n) is 11.8. The van der Waals surface area contributed by atoms with E-state index >= 15 is 0 Å². The van der Waals surface area contributed by atoms with Crippen LogP contribution in [0, 0.1) is 6.92 Å². The second-order valence-corrected chi connectivity index (χ2v) is 7.33. The fourth-order valence-electron chi connectivity index (χ4n) is 2.76. The van der Waals surface area contributed by atoms with E-state index in [1.165, 1.54) is 17.3 Å². The minimum atomic E-state index is -3.07. The Bertz CT molecular complexity index is 728. The van der Waals surface area contributed by atoms with Crippen LogP contribution in [-0.4, -0.2) is 49.6 Å². The van der Waals surface area contributed by atoms with Gasteiger partial charge in [0.05, 0.1) is 6.26 Å². The molecule has 1 aliphatic heterocycles. The van der Waals surface area contributed by atoms with Gasteiger partial charge in [0.1, 0.15) is 5.82 Å².